The van der Waals surface area contributed by atoms with Crippen molar-refractivity contribution in [3.63, 3.8) is 0 Å². The Morgan fingerprint density at radius 2 is 1.82 bits per heavy atom. The number of rotatable bonds is 6. The summed E-state index contributed by atoms with van der Waals surface area (Å²) in [5.74, 6) is 1.83. The third-order valence-electron chi connectivity index (χ3n) is 5.63. The quantitative estimate of drug-likeness (QED) is 0.412. The van der Waals surface area contributed by atoms with Gasteiger partial charge in [0.2, 0.25) is 6.79 Å². The summed E-state index contributed by atoms with van der Waals surface area (Å²) in [5.41, 5.74) is 2.51. The van der Waals surface area contributed by atoms with Crippen LogP contribution in [0, 0.1) is 4.77 Å². The van der Waals surface area contributed by atoms with Gasteiger partial charge in [-0.2, -0.15) is 0 Å². The smallest absolute Gasteiger partial charge is 0.262 e. The number of nitrogens with zero attached hydrogens (tertiary/aromatic N) is 1. The zero-order valence-corrected chi connectivity index (χ0v) is 19.1. The lowest BCUT2D eigenvalue weighted by atomic mass is 10.1. The fraction of sp³-hybridized carbons (Fsp3) is 0.160. The second-order valence-electron chi connectivity index (χ2n) is 7.80. The van der Waals surface area contributed by atoms with Crippen molar-refractivity contribution in [1.82, 2.24) is 14.9 Å². The van der Waals surface area contributed by atoms with E-state index in [2.05, 4.69) is 10.3 Å². The van der Waals surface area contributed by atoms with E-state index in [0.29, 0.717) is 34.5 Å². The molecule has 0 saturated heterocycles. The lowest BCUT2D eigenvalue weighted by molar-refractivity contribution is 0.0951. The number of carbonyl (C=O) groups excluding carboxylic acids is 1. The SMILES string of the molecule is COc1ccc(CNC(=O)c2ccc3c(=O)n(Cc4ccc5c(c4)OCO5)c(=S)[nH]c3c2)cc1. The standard InChI is InChI=1S/C25H21N3O5S/c1-31-18-6-2-15(3-7-18)12-26-23(29)17-5-8-19-20(11-17)27-25(34)28(24(19)30)13-16-4-9-21-22(10-16)33-14-32-21/h2-11H,12-14H2,1H3,(H,26,29)(H,27,34). The number of amides is 1. The number of nitrogens with one attached hydrogen (secondary N) is 2. The van der Waals surface area contributed by atoms with Gasteiger partial charge in [0.1, 0.15) is 5.75 Å². The van der Waals surface area contributed by atoms with Gasteiger partial charge in [0.05, 0.1) is 24.6 Å². The largest absolute Gasteiger partial charge is 0.497 e. The highest BCUT2D eigenvalue weighted by Gasteiger charge is 2.15. The van der Waals surface area contributed by atoms with Crippen molar-refractivity contribution in [2.45, 2.75) is 13.1 Å². The minimum atomic E-state index is -0.249. The third kappa shape index (κ3) is 4.25. The fourth-order valence-corrected chi connectivity index (χ4v) is 4.05. The molecule has 0 radical (unpaired) electrons. The molecule has 0 unspecified atom stereocenters. The molecule has 1 aromatic heterocycles. The monoisotopic (exact) mass is 475 g/mol. The Morgan fingerprint density at radius 1 is 1.06 bits per heavy atom. The molecule has 9 heteroatoms. The Morgan fingerprint density at radius 3 is 2.62 bits per heavy atom. The predicted molar refractivity (Wildman–Crippen MR) is 129 cm³/mol. The van der Waals surface area contributed by atoms with Crippen molar-refractivity contribution in [2.24, 2.45) is 0 Å². The van der Waals surface area contributed by atoms with Gasteiger partial charge in [0.25, 0.3) is 11.5 Å². The van der Waals surface area contributed by atoms with Crippen molar-refractivity contribution in [3.8, 4) is 17.2 Å². The number of benzene rings is 3. The summed E-state index contributed by atoms with van der Waals surface area (Å²) in [6.07, 6.45) is 0. The molecule has 1 amide bonds. The first-order chi connectivity index (χ1) is 16.5. The predicted octanol–water partition coefficient (Wildman–Crippen LogP) is 3.77. The summed E-state index contributed by atoms with van der Waals surface area (Å²) < 4.78 is 17.7. The van der Waals surface area contributed by atoms with Crippen LogP contribution < -0.4 is 25.1 Å². The topological polar surface area (TPSA) is 94.6 Å². The lowest BCUT2D eigenvalue weighted by Crippen LogP contribution is -2.24. The van der Waals surface area contributed by atoms with E-state index in [9.17, 15) is 9.59 Å². The van der Waals surface area contributed by atoms with Crippen LogP contribution in [0.2, 0.25) is 0 Å². The molecule has 0 aliphatic carbocycles. The first-order valence-electron chi connectivity index (χ1n) is 10.6. The van der Waals surface area contributed by atoms with Crippen LogP contribution in [-0.4, -0.2) is 29.4 Å². The molecule has 3 aromatic carbocycles. The maximum absolute atomic E-state index is 13.1. The van der Waals surface area contributed by atoms with E-state index >= 15 is 0 Å². The Bertz CT molecular complexity index is 1510. The zero-order valence-electron chi connectivity index (χ0n) is 18.3. The first-order valence-corrected chi connectivity index (χ1v) is 11.0. The van der Waals surface area contributed by atoms with Crippen LogP contribution in [0.15, 0.2) is 65.5 Å². The molecule has 4 aromatic rings. The van der Waals surface area contributed by atoms with Crippen LogP contribution in [0.5, 0.6) is 17.2 Å². The number of hydrogen-bond donors (Lipinski definition) is 2. The molecule has 0 bridgehead atoms. The van der Waals surface area contributed by atoms with Crippen LogP contribution in [0.4, 0.5) is 0 Å². The average Bonchev–Trinajstić information content (AvgIpc) is 3.33. The van der Waals surface area contributed by atoms with E-state index < -0.39 is 0 Å². The number of carbonyl (C=O) groups is 1. The van der Waals surface area contributed by atoms with Crippen LogP contribution in [0.3, 0.4) is 0 Å². The van der Waals surface area contributed by atoms with Crippen LogP contribution in [-0.2, 0) is 13.1 Å². The summed E-state index contributed by atoms with van der Waals surface area (Å²) in [6.45, 7) is 0.837. The second-order valence-corrected chi connectivity index (χ2v) is 8.19. The van der Waals surface area contributed by atoms with Gasteiger partial charge >= 0.3 is 0 Å². The van der Waals surface area contributed by atoms with Gasteiger partial charge in [-0.3, -0.25) is 14.2 Å². The third-order valence-corrected chi connectivity index (χ3v) is 5.96. The Hall–Kier alpha value is -4.11. The molecule has 1 aliphatic rings. The van der Waals surface area contributed by atoms with E-state index in [1.165, 1.54) is 4.57 Å². The highest BCUT2D eigenvalue weighted by Crippen LogP contribution is 2.32. The minimum absolute atomic E-state index is 0.185. The normalized spacial score (nSPS) is 12.0. The summed E-state index contributed by atoms with van der Waals surface area (Å²) in [6, 6.07) is 17.9. The molecule has 8 nitrogen and oxygen atoms in total. The van der Waals surface area contributed by atoms with Gasteiger partial charge in [-0.1, -0.05) is 18.2 Å². The summed E-state index contributed by atoms with van der Waals surface area (Å²) in [7, 11) is 1.61. The van der Waals surface area contributed by atoms with Crippen LogP contribution in [0.1, 0.15) is 21.5 Å². The van der Waals surface area contributed by atoms with Gasteiger partial charge in [-0.25, -0.2) is 0 Å². The molecular weight excluding hydrogens is 454 g/mol. The molecule has 0 fully saturated rings. The van der Waals surface area contributed by atoms with Crippen molar-refractivity contribution < 1.29 is 19.0 Å². The molecular formula is C25H21N3O5S. The van der Waals surface area contributed by atoms with E-state index in [-0.39, 0.29) is 29.6 Å². The van der Waals surface area contributed by atoms with E-state index in [4.69, 9.17) is 26.4 Å². The molecule has 0 atom stereocenters. The van der Waals surface area contributed by atoms with Crippen molar-refractivity contribution >= 4 is 29.0 Å². The van der Waals surface area contributed by atoms with Gasteiger partial charge in [-0.15, -0.1) is 0 Å². The average molecular weight is 476 g/mol. The zero-order chi connectivity index (χ0) is 23.7. The maximum Gasteiger partial charge on any atom is 0.262 e. The summed E-state index contributed by atoms with van der Waals surface area (Å²) in [5, 5.41) is 3.33. The Labute approximate surface area is 199 Å². The van der Waals surface area contributed by atoms with Gasteiger partial charge in [0.15, 0.2) is 16.3 Å². The molecule has 34 heavy (non-hydrogen) atoms. The van der Waals surface area contributed by atoms with Crippen molar-refractivity contribution in [2.75, 3.05) is 13.9 Å². The van der Waals surface area contributed by atoms with Gasteiger partial charge in [-0.05, 0) is 65.8 Å². The van der Waals surface area contributed by atoms with Crippen molar-refractivity contribution in [3.05, 3.63) is 92.5 Å². The number of H-pyrrole nitrogens is 1. The molecule has 0 spiro atoms. The minimum Gasteiger partial charge on any atom is -0.497 e. The van der Waals surface area contributed by atoms with Crippen LogP contribution >= 0.6 is 12.2 Å². The molecule has 1 aliphatic heterocycles. The fourth-order valence-electron chi connectivity index (χ4n) is 3.79. The number of aromatic nitrogens is 2. The Balaban J connectivity index is 1.36. The van der Waals surface area contributed by atoms with Gasteiger partial charge in [0, 0.05) is 12.1 Å². The lowest BCUT2D eigenvalue weighted by Gasteiger charge is -2.10. The second kappa shape index (κ2) is 9.03. The molecule has 2 heterocycles. The number of hydrogen-bond acceptors (Lipinski definition) is 6. The first kappa shape index (κ1) is 21.7. The van der Waals surface area contributed by atoms with E-state index in [0.717, 1.165) is 16.9 Å². The summed E-state index contributed by atoms with van der Waals surface area (Å²) in [4.78, 5) is 28.9. The Kier molecular flexibility index (Phi) is 5.77. The highest BCUT2D eigenvalue weighted by molar-refractivity contribution is 7.71. The highest BCUT2D eigenvalue weighted by atomic mass is 32.1. The molecule has 5 rings (SSSR count). The van der Waals surface area contributed by atoms with Crippen molar-refractivity contribution in [1.29, 1.82) is 0 Å². The number of ether oxygens (including phenoxy) is 3. The molecule has 0 saturated carbocycles. The van der Waals surface area contributed by atoms with Gasteiger partial charge < -0.3 is 24.5 Å². The number of fused-ring (bicyclic) bond motifs is 2. The molecule has 172 valence electrons. The van der Waals surface area contributed by atoms with E-state index in [1.54, 1.807) is 25.3 Å². The van der Waals surface area contributed by atoms with Crippen LogP contribution in [0.25, 0.3) is 10.9 Å². The summed E-state index contributed by atoms with van der Waals surface area (Å²) >= 11 is 5.45. The number of methoxy groups -OCH3 is 1. The number of aromatic amines is 1. The maximum atomic E-state index is 13.1. The molecule has 2 N–H and O–H groups in total. The van der Waals surface area contributed by atoms with E-state index in [1.807, 2.05) is 42.5 Å².